The van der Waals surface area contributed by atoms with Gasteiger partial charge in [-0.25, -0.2) is 14.6 Å². The Labute approximate surface area is 221 Å². The Morgan fingerprint density at radius 1 is 1.16 bits per heavy atom. The van der Waals surface area contributed by atoms with Crippen molar-refractivity contribution in [3.05, 3.63) is 91.9 Å². The van der Waals surface area contributed by atoms with Gasteiger partial charge in [0.1, 0.15) is 6.10 Å². The van der Waals surface area contributed by atoms with Gasteiger partial charge in [0.25, 0.3) is 5.69 Å². The van der Waals surface area contributed by atoms with Crippen LogP contribution in [0.5, 0.6) is 0 Å². The van der Waals surface area contributed by atoms with Crippen LogP contribution >= 0.6 is 11.3 Å². The summed E-state index contributed by atoms with van der Waals surface area (Å²) in [4.78, 5) is 53.2. The number of esters is 2. The number of carbonyl (C=O) groups excluding carboxylic acids is 2. The highest BCUT2D eigenvalue weighted by Gasteiger charge is 2.50. The molecule has 4 rings (SSSR count). The molecule has 0 bridgehead atoms. The first-order valence-electron chi connectivity index (χ1n) is 11.7. The molecule has 0 radical (unpaired) electrons. The fourth-order valence-electron chi connectivity index (χ4n) is 4.68. The molecule has 1 aliphatic heterocycles. The Kier molecular flexibility index (Phi) is 8.01. The number of thiazole rings is 1. The van der Waals surface area contributed by atoms with E-state index in [1.807, 2.05) is 0 Å². The number of ether oxygens (including phenoxy) is 2. The molecule has 0 aliphatic carbocycles. The molecule has 3 aromatic rings. The van der Waals surface area contributed by atoms with Gasteiger partial charge in [0.15, 0.2) is 0 Å². The first-order chi connectivity index (χ1) is 18.2. The van der Waals surface area contributed by atoms with Crippen LogP contribution in [0.4, 0.5) is 10.5 Å². The van der Waals surface area contributed by atoms with Crippen molar-refractivity contribution in [2.24, 2.45) is 0 Å². The Bertz CT molecular complexity index is 1330. The monoisotopic (exact) mass is 539 g/mol. The lowest BCUT2D eigenvalue weighted by molar-refractivity contribution is -0.384. The van der Waals surface area contributed by atoms with E-state index in [-0.39, 0.29) is 37.9 Å². The van der Waals surface area contributed by atoms with Crippen molar-refractivity contribution in [2.45, 2.75) is 37.3 Å². The summed E-state index contributed by atoms with van der Waals surface area (Å²) in [6.07, 6.45) is -1.31. The summed E-state index contributed by atoms with van der Waals surface area (Å²) in [6, 6.07) is 14.4. The minimum atomic E-state index is -1.18. The summed E-state index contributed by atoms with van der Waals surface area (Å²) >= 11 is 1.29. The molecule has 12 heteroatoms. The van der Waals surface area contributed by atoms with Crippen LogP contribution in [0, 0.1) is 10.1 Å². The van der Waals surface area contributed by atoms with Crippen LogP contribution in [0.15, 0.2) is 60.0 Å². The van der Waals surface area contributed by atoms with E-state index in [4.69, 9.17) is 9.47 Å². The third-order valence-corrected chi connectivity index (χ3v) is 7.29. The number of aromatic nitrogens is 1. The quantitative estimate of drug-likeness (QED) is 0.243. The molecular formula is C26H25N3O8S. The van der Waals surface area contributed by atoms with Gasteiger partial charge < -0.3 is 14.6 Å². The summed E-state index contributed by atoms with van der Waals surface area (Å²) < 4.78 is 10.4. The number of nitrogens with zero attached hydrogens (tertiary/aromatic N) is 3. The van der Waals surface area contributed by atoms with Gasteiger partial charge in [0.05, 0.1) is 46.8 Å². The molecule has 2 heterocycles. The molecule has 1 aromatic heterocycles. The van der Waals surface area contributed by atoms with Gasteiger partial charge in [0.2, 0.25) is 0 Å². The maximum atomic E-state index is 12.7. The molecule has 0 spiro atoms. The molecule has 38 heavy (non-hydrogen) atoms. The topological polar surface area (TPSA) is 149 Å². The van der Waals surface area contributed by atoms with E-state index in [1.165, 1.54) is 35.5 Å². The Morgan fingerprint density at radius 3 is 2.50 bits per heavy atom. The average Bonchev–Trinajstić information content (AvgIpc) is 3.48. The van der Waals surface area contributed by atoms with Crippen LogP contribution in [0.1, 0.15) is 33.0 Å². The molecule has 1 N–H and O–H groups in total. The summed E-state index contributed by atoms with van der Waals surface area (Å²) in [7, 11) is 1.29. The van der Waals surface area contributed by atoms with Gasteiger partial charge in [-0.05, 0) is 24.1 Å². The SMILES string of the molecule is COC(=O)Cc1csc(C[C@]2(Cc3ccc([N+](=O)[O-])cc3)C[C@@H](OC(=O)c3ccccc3)CN2C(=O)O)n1. The summed E-state index contributed by atoms with van der Waals surface area (Å²) in [6.45, 7) is -0.0404. The maximum absolute atomic E-state index is 12.7. The first-order valence-corrected chi connectivity index (χ1v) is 12.6. The number of nitro benzene ring substituents is 1. The van der Waals surface area contributed by atoms with Gasteiger partial charge >= 0.3 is 18.0 Å². The third kappa shape index (κ3) is 6.14. The number of methoxy groups -OCH3 is 1. The van der Waals surface area contributed by atoms with Crippen molar-refractivity contribution >= 4 is 35.1 Å². The molecule has 2 aromatic carbocycles. The molecule has 1 saturated heterocycles. The highest BCUT2D eigenvalue weighted by Crippen LogP contribution is 2.38. The Balaban J connectivity index is 1.64. The zero-order valence-electron chi connectivity index (χ0n) is 20.4. The second kappa shape index (κ2) is 11.4. The van der Waals surface area contributed by atoms with E-state index in [0.717, 1.165) is 0 Å². The number of nitro groups is 1. The van der Waals surface area contributed by atoms with Crippen molar-refractivity contribution in [3.8, 4) is 0 Å². The van der Waals surface area contributed by atoms with Crippen LogP contribution in [-0.4, -0.2) is 63.2 Å². The molecule has 0 saturated carbocycles. The van der Waals surface area contributed by atoms with Gasteiger partial charge in [-0.1, -0.05) is 30.3 Å². The normalized spacial score (nSPS) is 18.7. The second-order valence-corrected chi connectivity index (χ2v) is 9.92. The Morgan fingerprint density at radius 2 is 1.87 bits per heavy atom. The summed E-state index contributed by atoms with van der Waals surface area (Å²) in [5.41, 5.74) is 0.419. The number of non-ortho nitro benzene ring substituents is 1. The molecular weight excluding hydrogens is 514 g/mol. The Hall–Kier alpha value is -4.32. The van der Waals surface area contributed by atoms with E-state index in [0.29, 0.717) is 21.8 Å². The van der Waals surface area contributed by atoms with Crippen LogP contribution < -0.4 is 0 Å². The molecule has 1 aliphatic rings. The van der Waals surface area contributed by atoms with Crippen molar-refractivity contribution in [2.75, 3.05) is 13.7 Å². The predicted octanol–water partition coefficient (Wildman–Crippen LogP) is 3.90. The smallest absolute Gasteiger partial charge is 0.407 e. The van der Waals surface area contributed by atoms with Crippen molar-refractivity contribution in [3.63, 3.8) is 0 Å². The summed E-state index contributed by atoms with van der Waals surface area (Å²) in [5.74, 6) is -0.995. The highest BCUT2D eigenvalue weighted by atomic mass is 32.1. The van der Waals surface area contributed by atoms with Crippen LogP contribution in [0.2, 0.25) is 0 Å². The molecule has 11 nitrogen and oxygen atoms in total. The van der Waals surface area contributed by atoms with Gasteiger partial charge in [-0.15, -0.1) is 11.3 Å². The van der Waals surface area contributed by atoms with E-state index in [2.05, 4.69) is 4.98 Å². The average molecular weight is 540 g/mol. The predicted molar refractivity (Wildman–Crippen MR) is 136 cm³/mol. The number of hydrogen-bond donors (Lipinski definition) is 1. The van der Waals surface area contributed by atoms with Crippen LogP contribution in [-0.2, 0) is 33.5 Å². The minimum Gasteiger partial charge on any atom is -0.469 e. The summed E-state index contributed by atoms with van der Waals surface area (Å²) in [5, 5.41) is 23.6. The van der Waals surface area contributed by atoms with Gasteiger partial charge in [-0.3, -0.25) is 19.8 Å². The van der Waals surface area contributed by atoms with Crippen LogP contribution in [0.25, 0.3) is 0 Å². The van der Waals surface area contributed by atoms with E-state index in [1.54, 1.807) is 47.8 Å². The van der Waals surface area contributed by atoms with Crippen molar-refractivity contribution in [1.82, 2.24) is 9.88 Å². The van der Waals surface area contributed by atoms with Crippen molar-refractivity contribution < 1.29 is 33.9 Å². The second-order valence-electron chi connectivity index (χ2n) is 8.98. The number of carboxylic acid groups (broad SMARTS) is 1. The van der Waals surface area contributed by atoms with Gasteiger partial charge in [0, 0.05) is 30.4 Å². The largest absolute Gasteiger partial charge is 0.469 e. The first kappa shape index (κ1) is 26.7. The van der Waals surface area contributed by atoms with E-state index in [9.17, 15) is 29.6 Å². The lowest BCUT2D eigenvalue weighted by Crippen LogP contribution is -2.50. The third-order valence-electron chi connectivity index (χ3n) is 6.39. The standard InChI is InChI=1S/C26H25N3O8S/c1-36-23(30)11-19-16-38-22(27-19)14-26(12-17-7-9-20(10-8-17)29(34)35)13-21(15-28(26)25(32)33)37-24(31)18-5-3-2-4-6-18/h2-10,16,21H,11-15H2,1H3,(H,32,33)/t21-,26+/m1/s1. The van der Waals surface area contributed by atoms with Crippen molar-refractivity contribution in [1.29, 1.82) is 0 Å². The van der Waals surface area contributed by atoms with E-state index < -0.39 is 34.6 Å². The lowest BCUT2D eigenvalue weighted by Gasteiger charge is -2.36. The fraction of sp³-hybridized carbons (Fsp3) is 0.308. The molecule has 198 valence electrons. The molecule has 1 fully saturated rings. The lowest BCUT2D eigenvalue weighted by atomic mass is 9.84. The highest BCUT2D eigenvalue weighted by molar-refractivity contribution is 7.09. The van der Waals surface area contributed by atoms with E-state index >= 15 is 0 Å². The van der Waals surface area contributed by atoms with Crippen LogP contribution in [0.3, 0.4) is 0 Å². The zero-order chi connectivity index (χ0) is 27.3. The number of rotatable bonds is 9. The number of hydrogen-bond acceptors (Lipinski definition) is 9. The maximum Gasteiger partial charge on any atom is 0.407 e. The number of carbonyl (C=O) groups is 3. The number of likely N-dealkylation sites (tertiary alicyclic amines) is 1. The molecule has 1 amide bonds. The minimum absolute atomic E-state index is 0.0116. The fourth-order valence-corrected chi connectivity index (χ4v) is 5.61. The van der Waals surface area contributed by atoms with Gasteiger partial charge in [-0.2, -0.15) is 0 Å². The zero-order valence-corrected chi connectivity index (χ0v) is 21.3. The molecule has 2 atom stereocenters. The molecule has 0 unspecified atom stereocenters. The number of amides is 1. The number of benzene rings is 2.